The van der Waals surface area contributed by atoms with Crippen molar-refractivity contribution < 1.29 is 9.90 Å². The van der Waals surface area contributed by atoms with Crippen LogP contribution in [0.5, 0.6) is 0 Å². The van der Waals surface area contributed by atoms with E-state index in [1.807, 2.05) is 18.3 Å². The molecule has 1 unspecified atom stereocenters. The van der Waals surface area contributed by atoms with E-state index in [4.69, 9.17) is 28.2 Å². The predicted molar refractivity (Wildman–Crippen MR) is 123 cm³/mol. The maximum atomic E-state index is 11.6. The number of aliphatic carboxylic acids is 1. The largest absolute Gasteiger partial charge is 0.481 e. The van der Waals surface area contributed by atoms with E-state index < -0.39 is 5.97 Å². The first-order valence-corrected chi connectivity index (χ1v) is 11.8. The van der Waals surface area contributed by atoms with E-state index in [-0.39, 0.29) is 12.3 Å². The Kier molecular flexibility index (Phi) is 6.33. The Labute approximate surface area is 190 Å². The second-order valence-electron chi connectivity index (χ2n) is 8.25. The molecule has 0 radical (unpaired) electrons. The van der Waals surface area contributed by atoms with Crippen LogP contribution in [-0.2, 0) is 17.8 Å². The highest BCUT2D eigenvalue weighted by atomic mass is 35.5. The van der Waals surface area contributed by atoms with E-state index in [0.29, 0.717) is 16.0 Å². The minimum Gasteiger partial charge on any atom is -0.481 e. The van der Waals surface area contributed by atoms with Crippen LogP contribution in [0.3, 0.4) is 0 Å². The molecule has 1 N–H and O–H groups in total. The topological polar surface area (TPSA) is 55.1 Å². The van der Waals surface area contributed by atoms with Gasteiger partial charge in [-0.25, -0.2) is 4.98 Å². The first-order valence-electron chi connectivity index (χ1n) is 10.2. The fourth-order valence-corrected chi connectivity index (χ4v) is 5.97. The molecule has 1 atom stereocenters. The molecule has 30 heavy (non-hydrogen) atoms. The molecule has 0 bridgehead atoms. The molecular formula is C23H24Cl2N2O2S. The zero-order chi connectivity index (χ0) is 21.4. The molecule has 0 saturated carbocycles. The molecule has 7 heteroatoms. The fraction of sp³-hybridized carbons (Fsp3) is 0.391. The van der Waals surface area contributed by atoms with Crippen LogP contribution in [0, 0.1) is 5.92 Å². The Balaban J connectivity index is 1.94. The zero-order valence-electron chi connectivity index (χ0n) is 17.0. The third kappa shape index (κ3) is 4.20. The summed E-state index contributed by atoms with van der Waals surface area (Å²) in [7, 11) is 0. The van der Waals surface area contributed by atoms with Crippen LogP contribution in [-0.4, -0.2) is 20.6 Å². The van der Waals surface area contributed by atoms with Gasteiger partial charge in [-0.15, -0.1) is 0 Å². The van der Waals surface area contributed by atoms with Crippen molar-refractivity contribution in [3.05, 3.63) is 51.8 Å². The van der Waals surface area contributed by atoms with Crippen molar-refractivity contribution in [2.24, 2.45) is 5.92 Å². The summed E-state index contributed by atoms with van der Waals surface area (Å²) in [6.45, 7) is 5.28. The second kappa shape index (κ2) is 8.81. The molecular weight excluding hydrogens is 439 g/mol. The monoisotopic (exact) mass is 462 g/mol. The van der Waals surface area contributed by atoms with Crippen LogP contribution in [0.25, 0.3) is 11.0 Å². The smallest absolute Gasteiger partial charge is 0.304 e. The number of fused-ring (bicyclic) bond motifs is 3. The molecule has 158 valence electrons. The molecule has 0 saturated heterocycles. The van der Waals surface area contributed by atoms with Crippen LogP contribution in [0.1, 0.15) is 50.3 Å². The molecule has 4 rings (SSSR count). The van der Waals surface area contributed by atoms with E-state index in [2.05, 4.69) is 24.5 Å². The number of rotatable bonds is 6. The van der Waals surface area contributed by atoms with Crippen molar-refractivity contribution in [3.8, 4) is 0 Å². The number of carbonyl (C=O) groups is 1. The number of hydrogen-bond donors (Lipinski definition) is 1. The number of aromatic nitrogens is 2. The number of carboxylic acid groups (broad SMARTS) is 1. The van der Waals surface area contributed by atoms with E-state index in [1.54, 1.807) is 17.8 Å². The minimum absolute atomic E-state index is 0.0253. The number of hydrogen-bond acceptors (Lipinski definition) is 3. The summed E-state index contributed by atoms with van der Waals surface area (Å²) in [5.41, 5.74) is 3.31. The van der Waals surface area contributed by atoms with Gasteiger partial charge in [0, 0.05) is 39.5 Å². The number of pyridine rings is 1. The number of halogens is 2. The van der Waals surface area contributed by atoms with Crippen LogP contribution in [0.2, 0.25) is 10.0 Å². The average molecular weight is 463 g/mol. The lowest BCUT2D eigenvalue weighted by atomic mass is 9.92. The van der Waals surface area contributed by atoms with Crippen molar-refractivity contribution in [1.82, 2.24) is 9.55 Å². The maximum Gasteiger partial charge on any atom is 0.304 e. The van der Waals surface area contributed by atoms with Crippen molar-refractivity contribution in [2.75, 3.05) is 0 Å². The lowest BCUT2D eigenvalue weighted by molar-refractivity contribution is -0.137. The van der Waals surface area contributed by atoms with Gasteiger partial charge in [0.05, 0.1) is 16.5 Å². The Morgan fingerprint density at radius 2 is 2.10 bits per heavy atom. The van der Waals surface area contributed by atoms with E-state index >= 15 is 0 Å². The van der Waals surface area contributed by atoms with Crippen molar-refractivity contribution in [2.45, 2.75) is 61.8 Å². The summed E-state index contributed by atoms with van der Waals surface area (Å²) in [5, 5.41) is 11.7. The van der Waals surface area contributed by atoms with Crippen molar-refractivity contribution in [3.63, 3.8) is 0 Å². The number of aryl methyl sites for hydroxylation is 1. The number of carboxylic acids is 1. The SMILES string of the molecule is CC(C)Cc1ccnc2c1c(Sc1ccc(Cl)c(Cl)c1)c1n2CCCC1CC(=O)O. The normalized spacial score (nSPS) is 16.2. The Morgan fingerprint density at radius 1 is 1.30 bits per heavy atom. The Bertz CT molecular complexity index is 1110. The van der Waals surface area contributed by atoms with Gasteiger partial charge in [0.15, 0.2) is 0 Å². The Morgan fingerprint density at radius 3 is 2.80 bits per heavy atom. The highest BCUT2D eigenvalue weighted by molar-refractivity contribution is 7.99. The fourth-order valence-electron chi connectivity index (χ4n) is 4.35. The van der Waals surface area contributed by atoms with Gasteiger partial charge in [-0.05, 0) is 55.0 Å². The predicted octanol–water partition coefficient (Wildman–Crippen LogP) is 7.04. The molecule has 1 aliphatic heterocycles. The Hall–Kier alpha value is -1.69. The van der Waals surface area contributed by atoms with Gasteiger partial charge in [0.1, 0.15) is 5.65 Å². The highest BCUT2D eigenvalue weighted by Crippen LogP contribution is 2.47. The lowest BCUT2D eigenvalue weighted by Gasteiger charge is -2.25. The number of benzene rings is 1. The maximum absolute atomic E-state index is 11.6. The van der Waals surface area contributed by atoms with Crippen LogP contribution in [0.4, 0.5) is 0 Å². The van der Waals surface area contributed by atoms with Gasteiger partial charge in [-0.3, -0.25) is 4.79 Å². The first kappa shape index (κ1) is 21.5. The summed E-state index contributed by atoms with van der Waals surface area (Å²) in [6.07, 6.45) is 4.78. The van der Waals surface area contributed by atoms with Gasteiger partial charge in [-0.2, -0.15) is 0 Å². The van der Waals surface area contributed by atoms with Crippen molar-refractivity contribution in [1.29, 1.82) is 0 Å². The van der Waals surface area contributed by atoms with E-state index in [1.165, 1.54) is 5.56 Å². The number of nitrogens with zero attached hydrogens (tertiary/aromatic N) is 2. The lowest BCUT2D eigenvalue weighted by Crippen LogP contribution is -2.18. The van der Waals surface area contributed by atoms with Crippen LogP contribution < -0.4 is 0 Å². The van der Waals surface area contributed by atoms with E-state index in [0.717, 1.165) is 52.3 Å². The van der Waals surface area contributed by atoms with Crippen LogP contribution >= 0.6 is 35.0 Å². The second-order valence-corrected chi connectivity index (χ2v) is 10.1. The molecule has 1 aromatic carbocycles. The molecule has 0 amide bonds. The average Bonchev–Trinajstić information content (AvgIpc) is 3.00. The van der Waals surface area contributed by atoms with Crippen LogP contribution in [0.15, 0.2) is 40.3 Å². The highest BCUT2D eigenvalue weighted by Gasteiger charge is 2.31. The molecule has 0 aliphatic carbocycles. The molecule has 3 aromatic rings. The molecule has 1 aliphatic rings. The van der Waals surface area contributed by atoms with Gasteiger partial charge in [0.25, 0.3) is 0 Å². The summed E-state index contributed by atoms with van der Waals surface area (Å²) < 4.78 is 2.25. The van der Waals surface area contributed by atoms with Gasteiger partial charge >= 0.3 is 5.97 Å². The molecule has 0 spiro atoms. The summed E-state index contributed by atoms with van der Waals surface area (Å²) in [4.78, 5) is 18.4. The summed E-state index contributed by atoms with van der Waals surface area (Å²) >= 11 is 14.0. The van der Waals surface area contributed by atoms with Crippen molar-refractivity contribution >= 4 is 52.0 Å². The molecule has 4 nitrogen and oxygen atoms in total. The minimum atomic E-state index is -0.764. The van der Waals surface area contributed by atoms with Gasteiger partial charge in [0.2, 0.25) is 0 Å². The van der Waals surface area contributed by atoms with Gasteiger partial charge in [-0.1, -0.05) is 48.8 Å². The van der Waals surface area contributed by atoms with Gasteiger partial charge < -0.3 is 9.67 Å². The quantitative estimate of drug-likeness (QED) is 0.426. The third-order valence-electron chi connectivity index (χ3n) is 5.50. The summed E-state index contributed by atoms with van der Waals surface area (Å²) in [5.74, 6) is -0.285. The third-order valence-corrected chi connectivity index (χ3v) is 7.35. The first-order chi connectivity index (χ1) is 14.3. The molecule has 2 aromatic heterocycles. The molecule has 0 fully saturated rings. The van der Waals surface area contributed by atoms with E-state index in [9.17, 15) is 9.90 Å². The molecule has 3 heterocycles. The summed E-state index contributed by atoms with van der Waals surface area (Å²) in [6, 6.07) is 7.73. The standard InChI is InChI=1S/C23H24Cl2N2O2S/c1-13(2)10-14-7-8-26-23-20(14)22(30-16-5-6-17(24)18(25)12-16)21-15(11-19(28)29)4-3-9-27(21)23/h5-8,12-13,15H,3-4,9-11H2,1-2H3,(H,28,29). The zero-order valence-corrected chi connectivity index (χ0v) is 19.3.